The van der Waals surface area contributed by atoms with E-state index in [1.807, 2.05) is 27.7 Å². The van der Waals surface area contributed by atoms with Crippen molar-refractivity contribution < 1.29 is 10.2 Å². The van der Waals surface area contributed by atoms with Gasteiger partial charge in [0.15, 0.2) is 0 Å². The molecule has 1 heterocycles. The first-order chi connectivity index (χ1) is 5.28. The number of quaternary nitrogens is 1. The van der Waals surface area contributed by atoms with Crippen LogP contribution in [0.15, 0.2) is 0 Å². The lowest BCUT2D eigenvalue weighted by Gasteiger charge is -2.54. The Kier molecular flexibility index (Phi) is 2.23. The summed E-state index contributed by atoms with van der Waals surface area (Å²) in [6.07, 6.45) is 1.08. The lowest BCUT2D eigenvalue weighted by Crippen LogP contribution is -3.24. The van der Waals surface area contributed by atoms with Gasteiger partial charge >= 0.3 is 0 Å². The summed E-state index contributed by atoms with van der Waals surface area (Å²) in [7, 11) is 0. The lowest BCUT2D eigenvalue weighted by molar-refractivity contribution is -0.959. The first-order valence-electron chi connectivity index (χ1n) is 4.51. The molecule has 0 aromatic carbocycles. The van der Waals surface area contributed by atoms with E-state index in [9.17, 15) is 10.3 Å². The van der Waals surface area contributed by atoms with Gasteiger partial charge in [-0.05, 0) is 34.1 Å². The van der Waals surface area contributed by atoms with Gasteiger partial charge in [0.05, 0.1) is 5.54 Å². The molecule has 2 atom stereocenters. The number of hydroxylamine groups is 2. The number of aliphatic hydroxyl groups is 1. The minimum Gasteiger partial charge on any atom is -0.633 e. The molecule has 72 valence electrons. The van der Waals surface area contributed by atoms with Crippen LogP contribution in [0.3, 0.4) is 0 Å². The van der Waals surface area contributed by atoms with Crippen LogP contribution in [0.25, 0.3) is 0 Å². The molecule has 2 N–H and O–H groups in total. The molecule has 3 nitrogen and oxygen atoms in total. The average Bonchev–Trinajstić information content (AvgIpc) is 1.96. The van der Waals surface area contributed by atoms with Gasteiger partial charge in [-0.15, -0.1) is 0 Å². The molecule has 12 heavy (non-hydrogen) atoms. The van der Waals surface area contributed by atoms with Crippen molar-refractivity contribution in [1.29, 1.82) is 0 Å². The molecule has 0 saturated carbocycles. The monoisotopic (exact) mass is 173 g/mol. The summed E-state index contributed by atoms with van der Waals surface area (Å²) < 4.78 is 0. The Morgan fingerprint density at radius 1 is 1.33 bits per heavy atom. The van der Waals surface area contributed by atoms with Crippen molar-refractivity contribution >= 4 is 0 Å². The van der Waals surface area contributed by atoms with E-state index in [-0.39, 0.29) is 10.6 Å². The molecule has 1 saturated heterocycles. The average molecular weight is 173 g/mol. The molecule has 1 fully saturated rings. The molecule has 1 aliphatic rings. The van der Waals surface area contributed by atoms with Crippen LogP contribution in [0, 0.1) is 5.21 Å². The van der Waals surface area contributed by atoms with E-state index in [4.69, 9.17) is 0 Å². The Hall–Kier alpha value is -0.120. The highest BCUT2D eigenvalue weighted by Gasteiger charge is 2.46. The zero-order valence-corrected chi connectivity index (χ0v) is 8.35. The summed E-state index contributed by atoms with van der Waals surface area (Å²) in [5.41, 5.74) is -0.801. The van der Waals surface area contributed by atoms with Gasteiger partial charge in [0.2, 0.25) is 0 Å². The minimum atomic E-state index is -0.554. The molecule has 3 heteroatoms. The molecular weight excluding hydrogens is 154 g/mol. The predicted octanol–water partition coefficient (Wildman–Crippen LogP) is 0.0810. The maximum Gasteiger partial charge on any atom is 0.118 e. The van der Waals surface area contributed by atoms with Gasteiger partial charge in [-0.2, -0.15) is 0 Å². The van der Waals surface area contributed by atoms with Gasteiger partial charge in [-0.1, -0.05) is 0 Å². The first-order valence-corrected chi connectivity index (χ1v) is 4.51. The molecule has 1 rings (SSSR count). The standard InChI is InChI=1S/C9H19NO2/c1-8(2)6-5-7(11)9(3,4)10(8)12/h7,10-11H,5-6H2,1-4H3. The summed E-state index contributed by atoms with van der Waals surface area (Å²) in [6.45, 7) is 7.59. The Balaban J connectivity index is 2.86. The predicted molar refractivity (Wildman–Crippen MR) is 47.7 cm³/mol. The lowest BCUT2D eigenvalue weighted by atomic mass is 9.80. The molecule has 0 spiro atoms. The molecule has 0 aliphatic carbocycles. The van der Waals surface area contributed by atoms with Crippen LogP contribution >= 0.6 is 0 Å². The Labute approximate surface area is 74.0 Å². The van der Waals surface area contributed by atoms with Crippen molar-refractivity contribution in [3.8, 4) is 0 Å². The number of rotatable bonds is 0. The molecule has 0 radical (unpaired) electrons. The van der Waals surface area contributed by atoms with Crippen molar-refractivity contribution in [3.05, 3.63) is 5.21 Å². The maximum atomic E-state index is 11.8. The van der Waals surface area contributed by atoms with Crippen molar-refractivity contribution in [2.45, 2.75) is 57.7 Å². The highest BCUT2D eigenvalue weighted by Crippen LogP contribution is 2.23. The molecule has 1 aliphatic heterocycles. The topological polar surface area (TPSA) is 47.7 Å². The second kappa shape index (κ2) is 2.69. The van der Waals surface area contributed by atoms with Gasteiger partial charge in [0.1, 0.15) is 11.6 Å². The SMILES string of the molecule is CC1(C)CCC(O)C(C)(C)[NH+]1[O-]. The van der Waals surface area contributed by atoms with Crippen LogP contribution in [0.4, 0.5) is 0 Å². The second-order valence-corrected chi connectivity index (χ2v) is 4.99. The summed E-state index contributed by atoms with van der Waals surface area (Å²) in [4.78, 5) is 0. The third-order valence-corrected chi connectivity index (χ3v) is 3.08. The molecular formula is C9H19NO2. The van der Waals surface area contributed by atoms with Crippen LogP contribution in [0.1, 0.15) is 40.5 Å². The van der Waals surface area contributed by atoms with E-state index < -0.39 is 11.6 Å². The Morgan fingerprint density at radius 3 is 2.25 bits per heavy atom. The van der Waals surface area contributed by atoms with E-state index in [1.54, 1.807) is 0 Å². The molecule has 0 aromatic heterocycles. The first kappa shape index (κ1) is 9.96. The zero-order valence-electron chi connectivity index (χ0n) is 8.35. The van der Waals surface area contributed by atoms with Gasteiger partial charge in [0.25, 0.3) is 0 Å². The highest BCUT2D eigenvalue weighted by atomic mass is 16.5. The van der Waals surface area contributed by atoms with E-state index in [0.29, 0.717) is 0 Å². The fourth-order valence-corrected chi connectivity index (χ4v) is 2.00. The Morgan fingerprint density at radius 2 is 1.83 bits per heavy atom. The van der Waals surface area contributed by atoms with E-state index in [1.165, 1.54) is 0 Å². The molecule has 0 amide bonds. The van der Waals surface area contributed by atoms with Gasteiger partial charge < -0.3 is 15.4 Å². The van der Waals surface area contributed by atoms with Crippen LogP contribution in [-0.4, -0.2) is 22.3 Å². The smallest absolute Gasteiger partial charge is 0.118 e. The van der Waals surface area contributed by atoms with Crippen LogP contribution in [0.5, 0.6) is 0 Å². The van der Waals surface area contributed by atoms with Crippen molar-refractivity contribution in [2.24, 2.45) is 0 Å². The fourth-order valence-electron chi connectivity index (χ4n) is 2.00. The third-order valence-electron chi connectivity index (χ3n) is 3.08. The number of hydrogen-bond acceptors (Lipinski definition) is 2. The number of aliphatic hydroxyl groups excluding tert-OH is 1. The molecule has 2 unspecified atom stereocenters. The third kappa shape index (κ3) is 1.37. The van der Waals surface area contributed by atoms with Gasteiger partial charge in [-0.25, -0.2) is 0 Å². The number of piperidine rings is 1. The summed E-state index contributed by atoms with van der Waals surface area (Å²) in [5, 5.41) is 21.6. The normalized spacial score (nSPS) is 39.5. The molecule has 0 aromatic rings. The zero-order chi connectivity index (χ0) is 9.57. The van der Waals surface area contributed by atoms with Crippen molar-refractivity contribution in [1.82, 2.24) is 0 Å². The van der Waals surface area contributed by atoms with Gasteiger partial charge in [0, 0.05) is 6.42 Å². The van der Waals surface area contributed by atoms with Crippen LogP contribution < -0.4 is 5.06 Å². The Bertz CT molecular complexity index is 177. The quantitative estimate of drug-likeness (QED) is 0.510. The van der Waals surface area contributed by atoms with E-state index >= 15 is 0 Å². The number of hydrogen-bond donors (Lipinski definition) is 2. The number of nitrogens with one attached hydrogen (secondary N) is 1. The van der Waals surface area contributed by atoms with E-state index in [0.717, 1.165) is 12.8 Å². The van der Waals surface area contributed by atoms with Crippen molar-refractivity contribution in [2.75, 3.05) is 0 Å². The van der Waals surface area contributed by atoms with Gasteiger partial charge in [-0.3, -0.25) is 0 Å². The maximum absolute atomic E-state index is 11.8. The van der Waals surface area contributed by atoms with Crippen LogP contribution in [-0.2, 0) is 0 Å². The second-order valence-electron chi connectivity index (χ2n) is 4.99. The summed E-state index contributed by atoms with van der Waals surface area (Å²) in [6, 6.07) is 0. The van der Waals surface area contributed by atoms with Crippen LogP contribution in [0.2, 0.25) is 0 Å². The largest absolute Gasteiger partial charge is 0.633 e. The van der Waals surface area contributed by atoms with E-state index in [2.05, 4.69) is 0 Å². The molecule has 0 bridgehead atoms. The minimum absolute atomic E-state index is 0.189. The van der Waals surface area contributed by atoms with Crippen molar-refractivity contribution in [3.63, 3.8) is 0 Å². The summed E-state index contributed by atoms with van der Waals surface area (Å²) >= 11 is 0. The fraction of sp³-hybridized carbons (Fsp3) is 1.00. The summed E-state index contributed by atoms with van der Waals surface area (Å²) in [5.74, 6) is 0. The highest BCUT2D eigenvalue weighted by molar-refractivity contribution is 4.87.